The molecule has 3 aliphatic heterocycles. The number of piperidine rings is 2. The summed E-state index contributed by atoms with van der Waals surface area (Å²) in [6.07, 6.45) is 5.03. The Labute approximate surface area is 246 Å². The summed E-state index contributed by atoms with van der Waals surface area (Å²) in [5, 5.41) is 2.81. The number of halogens is 1. The Hall–Kier alpha value is -4.77. The molecule has 218 valence electrons. The number of amides is 3. The van der Waals surface area contributed by atoms with Crippen LogP contribution in [0.15, 0.2) is 65.8 Å². The van der Waals surface area contributed by atoms with Gasteiger partial charge in [-0.05, 0) is 79.7 Å². The van der Waals surface area contributed by atoms with E-state index >= 15 is 4.39 Å². The van der Waals surface area contributed by atoms with Gasteiger partial charge in [-0.2, -0.15) is 0 Å². The van der Waals surface area contributed by atoms with Gasteiger partial charge in [-0.25, -0.2) is 14.4 Å². The first-order valence-electron chi connectivity index (χ1n) is 14.5. The molecule has 2 aromatic carbocycles. The Morgan fingerprint density at radius 3 is 2.56 bits per heavy atom. The Bertz CT molecular complexity index is 1830. The molecule has 2 aromatic heterocycles. The number of aromatic nitrogens is 3. The normalized spacial score (nSPS) is 19.6. The first-order valence-corrected chi connectivity index (χ1v) is 14.5. The van der Waals surface area contributed by atoms with Crippen molar-refractivity contribution in [2.75, 3.05) is 13.1 Å². The molecule has 0 spiro atoms. The predicted molar refractivity (Wildman–Crippen MR) is 155 cm³/mol. The molecule has 3 aliphatic rings. The number of hydrogen-bond donors (Lipinski definition) is 1. The molecule has 3 amide bonds. The second kappa shape index (κ2) is 10.8. The maximum atomic E-state index is 15.8. The highest BCUT2D eigenvalue weighted by Crippen LogP contribution is 2.36. The number of fused-ring (bicyclic) bond motifs is 2. The minimum Gasteiger partial charge on any atom is -0.322 e. The van der Waals surface area contributed by atoms with Gasteiger partial charge in [-0.15, -0.1) is 0 Å². The lowest BCUT2D eigenvalue weighted by Gasteiger charge is -2.32. The average molecular weight is 581 g/mol. The molecule has 0 radical (unpaired) electrons. The summed E-state index contributed by atoms with van der Waals surface area (Å²) in [4.78, 5) is 62.5. The average Bonchev–Trinajstić information content (AvgIpc) is 3.35. The van der Waals surface area contributed by atoms with E-state index in [0.29, 0.717) is 34.4 Å². The number of benzene rings is 2. The van der Waals surface area contributed by atoms with Crippen molar-refractivity contribution in [3.63, 3.8) is 0 Å². The molecule has 1 unspecified atom stereocenters. The van der Waals surface area contributed by atoms with E-state index in [9.17, 15) is 19.2 Å². The number of carbonyl (C=O) groups is 3. The summed E-state index contributed by atoms with van der Waals surface area (Å²) in [5.41, 5.74) is 2.67. The van der Waals surface area contributed by atoms with Crippen LogP contribution in [0.4, 0.5) is 4.39 Å². The highest BCUT2D eigenvalue weighted by Gasteiger charge is 2.41. The lowest BCUT2D eigenvalue weighted by molar-refractivity contribution is -0.136. The third-order valence-corrected chi connectivity index (χ3v) is 8.83. The first-order chi connectivity index (χ1) is 20.9. The molecule has 4 aromatic rings. The zero-order valence-electron chi connectivity index (χ0n) is 23.3. The van der Waals surface area contributed by atoms with Gasteiger partial charge < -0.3 is 4.90 Å². The minimum absolute atomic E-state index is 0.00711. The Morgan fingerprint density at radius 1 is 0.953 bits per heavy atom. The van der Waals surface area contributed by atoms with Crippen molar-refractivity contribution in [3.05, 3.63) is 99.5 Å². The lowest BCUT2D eigenvalue weighted by atomic mass is 9.87. The van der Waals surface area contributed by atoms with Crippen LogP contribution in [0, 0.1) is 5.82 Å². The molecule has 2 fully saturated rings. The number of pyridine rings is 1. The standard InChI is InChI=1S/C32H29FN6O4/c33-29-21(5-6-22-24(29)17-38(31(22)42)26-8-9-28(40)36-30(26)41)20-10-13-37(14-11-20)16-19-4-7-25-23(15-19)32(43)39(18-35-25)27-3-1-2-12-34-27/h1-7,12,15,18,20,26H,8-11,13-14,16-17H2,(H,36,40,41). The van der Waals surface area contributed by atoms with Crippen LogP contribution in [0.25, 0.3) is 16.7 Å². The number of rotatable bonds is 5. The quantitative estimate of drug-likeness (QED) is 0.361. The van der Waals surface area contributed by atoms with Crippen molar-refractivity contribution in [1.82, 2.24) is 29.7 Å². The zero-order valence-corrected chi connectivity index (χ0v) is 23.3. The van der Waals surface area contributed by atoms with Crippen molar-refractivity contribution < 1.29 is 18.8 Å². The van der Waals surface area contributed by atoms with Crippen molar-refractivity contribution in [2.45, 2.75) is 50.7 Å². The van der Waals surface area contributed by atoms with Crippen LogP contribution in [0.3, 0.4) is 0 Å². The van der Waals surface area contributed by atoms with Crippen molar-refractivity contribution in [1.29, 1.82) is 0 Å². The van der Waals surface area contributed by atoms with Crippen LogP contribution >= 0.6 is 0 Å². The van der Waals surface area contributed by atoms with Crippen LogP contribution < -0.4 is 10.9 Å². The lowest BCUT2D eigenvalue weighted by Crippen LogP contribution is -2.52. The van der Waals surface area contributed by atoms with Gasteiger partial charge in [-0.3, -0.25) is 34.0 Å². The van der Waals surface area contributed by atoms with Gasteiger partial charge in [-0.1, -0.05) is 18.2 Å². The van der Waals surface area contributed by atoms with Crippen LogP contribution in [0.2, 0.25) is 0 Å². The summed E-state index contributed by atoms with van der Waals surface area (Å²) < 4.78 is 17.3. The van der Waals surface area contributed by atoms with Gasteiger partial charge in [0.25, 0.3) is 11.5 Å². The third-order valence-electron chi connectivity index (χ3n) is 8.83. The predicted octanol–water partition coefficient (Wildman–Crippen LogP) is 3.06. The van der Waals surface area contributed by atoms with Gasteiger partial charge in [0.15, 0.2) is 0 Å². The second-order valence-electron chi connectivity index (χ2n) is 11.4. The third kappa shape index (κ3) is 4.89. The zero-order chi connectivity index (χ0) is 29.7. The molecule has 5 heterocycles. The van der Waals surface area contributed by atoms with E-state index in [0.717, 1.165) is 31.5 Å². The topological polar surface area (TPSA) is 118 Å². The molecule has 43 heavy (non-hydrogen) atoms. The van der Waals surface area contributed by atoms with Crippen molar-refractivity contribution in [2.24, 2.45) is 0 Å². The Balaban J connectivity index is 1.04. The minimum atomic E-state index is -0.771. The Morgan fingerprint density at radius 2 is 1.79 bits per heavy atom. The molecule has 0 saturated carbocycles. The summed E-state index contributed by atoms with van der Waals surface area (Å²) in [6, 6.07) is 13.7. The van der Waals surface area contributed by atoms with Crippen LogP contribution in [-0.2, 0) is 22.7 Å². The van der Waals surface area contributed by atoms with E-state index in [1.165, 1.54) is 15.8 Å². The van der Waals surface area contributed by atoms with Crippen LogP contribution in [0.1, 0.15) is 58.6 Å². The fraction of sp³-hybridized carbons (Fsp3) is 0.312. The monoisotopic (exact) mass is 580 g/mol. The van der Waals surface area contributed by atoms with Gasteiger partial charge in [0, 0.05) is 30.3 Å². The smallest absolute Gasteiger partial charge is 0.266 e. The summed E-state index contributed by atoms with van der Waals surface area (Å²) in [7, 11) is 0. The molecule has 1 N–H and O–H groups in total. The molecule has 2 saturated heterocycles. The molecular weight excluding hydrogens is 551 g/mol. The number of nitrogens with one attached hydrogen (secondary N) is 1. The molecule has 10 nitrogen and oxygen atoms in total. The van der Waals surface area contributed by atoms with E-state index in [4.69, 9.17) is 0 Å². The summed E-state index contributed by atoms with van der Waals surface area (Å²) in [6.45, 7) is 2.19. The van der Waals surface area contributed by atoms with Gasteiger partial charge in [0.2, 0.25) is 11.8 Å². The highest BCUT2D eigenvalue weighted by atomic mass is 19.1. The van der Waals surface area contributed by atoms with Crippen molar-refractivity contribution >= 4 is 28.6 Å². The number of likely N-dealkylation sites (tertiary alicyclic amines) is 1. The molecule has 0 aliphatic carbocycles. The molecule has 11 heteroatoms. The van der Waals surface area contributed by atoms with Gasteiger partial charge in [0.05, 0.1) is 17.4 Å². The molecule has 1 atom stereocenters. The first kappa shape index (κ1) is 27.1. The number of nitrogens with zero attached hydrogens (tertiary/aromatic N) is 5. The van der Waals surface area contributed by atoms with E-state index in [1.807, 2.05) is 24.3 Å². The summed E-state index contributed by atoms with van der Waals surface area (Å²) in [5.74, 6) is -1.08. The second-order valence-corrected chi connectivity index (χ2v) is 11.4. The molecule has 0 bridgehead atoms. The number of imide groups is 1. The largest absolute Gasteiger partial charge is 0.322 e. The SMILES string of the molecule is O=C1CCC(N2Cc3c(ccc(C4CCN(Cc5ccc6ncn(-c7ccccn7)c(=O)c6c5)CC4)c3F)C2=O)C(=O)N1. The number of hydrogen-bond acceptors (Lipinski definition) is 7. The number of carbonyl (C=O) groups excluding carboxylic acids is 3. The van der Waals surface area contributed by atoms with Crippen LogP contribution in [-0.4, -0.2) is 61.2 Å². The highest BCUT2D eigenvalue weighted by molar-refractivity contribution is 6.05. The molecule has 7 rings (SSSR count). The van der Waals surface area contributed by atoms with Crippen molar-refractivity contribution in [3.8, 4) is 5.82 Å². The van der Waals surface area contributed by atoms with E-state index in [1.54, 1.807) is 30.5 Å². The fourth-order valence-electron chi connectivity index (χ4n) is 6.52. The van der Waals surface area contributed by atoms with E-state index in [2.05, 4.69) is 20.2 Å². The van der Waals surface area contributed by atoms with E-state index in [-0.39, 0.29) is 54.1 Å². The van der Waals surface area contributed by atoms with Gasteiger partial charge >= 0.3 is 0 Å². The fourth-order valence-corrected chi connectivity index (χ4v) is 6.52. The Kier molecular flexibility index (Phi) is 6.81. The maximum absolute atomic E-state index is 15.8. The summed E-state index contributed by atoms with van der Waals surface area (Å²) >= 11 is 0. The maximum Gasteiger partial charge on any atom is 0.266 e. The van der Waals surface area contributed by atoms with Crippen LogP contribution in [0.5, 0.6) is 0 Å². The van der Waals surface area contributed by atoms with E-state index < -0.39 is 11.9 Å². The van der Waals surface area contributed by atoms with Gasteiger partial charge in [0.1, 0.15) is 24.0 Å². The molecular formula is C32H29FN6O4.